The van der Waals surface area contributed by atoms with Gasteiger partial charge in [-0.1, -0.05) is 28.1 Å². The highest BCUT2D eigenvalue weighted by molar-refractivity contribution is 9.10. The quantitative estimate of drug-likeness (QED) is 0.852. The summed E-state index contributed by atoms with van der Waals surface area (Å²) in [5.41, 5.74) is 1.30. The van der Waals surface area contributed by atoms with Crippen molar-refractivity contribution in [3.8, 4) is 0 Å². The smallest absolute Gasteiger partial charge is 0.134 e. The molecule has 0 amide bonds. The number of rotatable bonds is 3. The molecule has 3 heteroatoms. The highest BCUT2D eigenvalue weighted by Gasteiger charge is 2.22. The maximum Gasteiger partial charge on any atom is 0.134 e. The molecule has 1 fully saturated rings. The molecule has 1 unspecified atom stereocenters. The van der Waals surface area contributed by atoms with Crippen molar-refractivity contribution in [2.45, 2.75) is 38.3 Å². The van der Waals surface area contributed by atoms with E-state index < -0.39 is 0 Å². The molecule has 0 aliphatic heterocycles. The van der Waals surface area contributed by atoms with E-state index in [-0.39, 0.29) is 0 Å². The predicted octanol–water partition coefficient (Wildman–Crippen LogP) is 3.39. The molecule has 0 bridgehead atoms. The summed E-state index contributed by atoms with van der Waals surface area (Å²) in [7, 11) is 2.12. The number of benzene rings is 1. The van der Waals surface area contributed by atoms with Gasteiger partial charge in [-0.05, 0) is 37.6 Å². The van der Waals surface area contributed by atoms with Crippen molar-refractivity contribution in [2.75, 3.05) is 7.05 Å². The highest BCUT2D eigenvalue weighted by Crippen LogP contribution is 2.21. The fourth-order valence-corrected chi connectivity index (χ4v) is 2.65. The van der Waals surface area contributed by atoms with Gasteiger partial charge in [0.1, 0.15) is 5.78 Å². The molecule has 0 spiro atoms. The molecule has 1 aromatic rings. The molecule has 0 radical (unpaired) electrons. The van der Waals surface area contributed by atoms with Gasteiger partial charge in [0.15, 0.2) is 0 Å². The van der Waals surface area contributed by atoms with Gasteiger partial charge in [-0.2, -0.15) is 0 Å². The molecule has 92 valence electrons. The van der Waals surface area contributed by atoms with Gasteiger partial charge in [0.25, 0.3) is 0 Å². The van der Waals surface area contributed by atoms with Crippen LogP contribution in [0.5, 0.6) is 0 Å². The molecule has 17 heavy (non-hydrogen) atoms. The van der Waals surface area contributed by atoms with Crippen molar-refractivity contribution in [1.82, 2.24) is 4.90 Å². The summed E-state index contributed by atoms with van der Waals surface area (Å²) in [5.74, 6) is 0.420. The van der Waals surface area contributed by atoms with E-state index in [1.54, 1.807) is 0 Å². The Morgan fingerprint density at radius 1 is 1.35 bits per heavy atom. The second kappa shape index (κ2) is 5.78. The van der Waals surface area contributed by atoms with Crippen LogP contribution in [-0.2, 0) is 11.3 Å². The molecule has 0 saturated heterocycles. The summed E-state index contributed by atoms with van der Waals surface area (Å²) in [6, 6.07) is 8.82. The molecule has 1 aliphatic rings. The van der Waals surface area contributed by atoms with Crippen LogP contribution in [0.4, 0.5) is 0 Å². The molecule has 2 nitrogen and oxygen atoms in total. The van der Waals surface area contributed by atoms with Crippen LogP contribution in [0.1, 0.15) is 31.2 Å². The van der Waals surface area contributed by atoms with Gasteiger partial charge in [0.05, 0.1) is 0 Å². The summed E-state index contributed by atoms with van der Waals surface area (Å²) in [5, 5.41) is 0. The predicted molar refractivity (Wildman–Crippen MR) is 72.9 cm³/mol. The van der Waals surface area contributed by atoms with E-state index in [9.17, 15) is 4.79 Å². The van der Waals surface area contributed by atoms with E-state index in [4.69, 9.17) is 0 Å². The highest BCUT2D eigenvalue weighted by atomic mass is 79.9. The van der Waals surface area contributed by atoms with Crippen LogP contribution in [0.25, 0.3) is 0 Å². The fraction of sp³-hybridized carbons (Fsp3) is 0.500. The number of carbonyl (C=O) groups is 1. The minimum Gasteiger partial charge on any atom is -0.300 e. The summed E-state index contributed by atoms with van der Waals surface area (Å²) >= 11 is 3.44. The third-order valence-corrected chi connectivity index (χ3v) is 3.95. The second-order valence-electron chi connectivity index (χ2n) is 4.83. The first kappa shape index (κ1) is 12.8. The number of hydrogen-bond donors (Lipinski definition) is 0. The lowest BCUT2D eigenvalue weighted by molar-refractivity contribution is -0.121. The number of ketones is 1. The Hall–Kier alpha value is -0.670. The van der Waals surface area contributed by atoms with Gasteiger partial charge in [-0.15, -0.1) is 0 Å². The molecule has 0 heterocycles. The van der Waals surface area contributed by atoms with Crippen LogP contribution >= 0.6 is 15.9 Å². The Kier molecular flexibility index (Phi) is 4.35. The van der Waals surface area contributed by atoms with Crippen LogP contribution in [0.15, 0.2) is 28.7 Å². The average Bonchev–Trinajstić information content (AvgIpc) is 2.32. The molecular weight excluding hydrogens is 278 g/mol. The standard InChI is InChI=1S/C14H18BrNO/c1-16(13-3-2-4-14(17)9-13)10-11-5-7-12(15)8-6-11/h5-8,13H,2-4,9-10H2,1H3. The first-order chi connectivity index (χ1) is 8.15. The molecule has 1 aromatic carbocycles. The largest absolute Gasteiger partial charge is 0.300 e. The number of carbonyl (C=O) groups excluding carboxylic acids is 1. The van der Waals surface area contributed by atoms with Crippen LogP contribution in [0, 0.1) is 0 Å². The number of nitrogens with zero attached hydrogens (tertiary/aromatic N) is 1. The molecule has 1 saturated carbocycles. The molecule has 0 N–H and O–H groups in total. The Bertz CT molecular complexity index is 388. The van der Waals surface area contributed by atoms with Crippen molar-refractivity contribution in [1.29, 1.82) is 0 Å². The van der Waals surface area contributed by atoms with Crippen LogP contribution in [-0.4, -0.2) is 23.8 Å². The first-order valence-corrected chi connectivity index (χ1v) is 6.91. The van der Waals surface area contributed by atoms with Crippen molar-refractivity contribution in [2.24, 2.45) is 0 Å². The third kappa shape index (κ3) is 3.65. The van der Waals surface area contributed by atoms with Crippen LogP contribution in [0.2, 0.25) is 0 Å². The number of hydrogen-bond acceptors (Lipinski definition) is 2. The average molecular weight is 296 g/mol. The summed E-state index contributed by atoms with van der Waals surface area (Å²) in [6.07, 6.45) is 3.71. The van der Waals surface area contributed by atoms with Gasteiger partial charge >= 0.3 is 0 Å². The van der Waals surface area contributed by atoms with Crippen LogP contribution in [0.3, 0.4) is 0 Å². The van der Waals surface area contributed by atoms with E-state index in [1.807, 2.05) is 0 Å². The lowest BCUT2D eigenvalue weighted by Crippen LogP contribution is -2.35. The van der Waals surface area contributed by atoms with Gasteiger partial charge in [0, 0.05) is 29.9 Å². The van der Waals surface area contributed by atoms with Gasteiger partial charge < -0.3 is 0 Å². The Morgan fingerprint density at radius 2 is 2.06 bits per heavy atom. The van der Waals surface area contributed by atoms with E-state index in [0.29, 0.717) is 11.8 Å². The molecule has 2 rings (SSSR count). The molecular formula is C14H18BrNO. The van der Waals surface area contributed by atoms with E-state index in [0.717, 1.165) is 36.7 Å². The zero-order chi connectivity index (χ0) is 12.3. The third-order valence-electron chi connectivity index (χ3n) is 3.42. The van der Waals surface area contributed by atoms with Crippen molar-refractivity contribution >= 4 is 21.7 Å². The summed E-state index contributed by atoms with van der Waals surface area (Å²) in [4.78, 5) is 13.7. The van der Waals surface area contributed by atoms with Gasteiger partial charge in [-0.3, -0.25) is 9.69 Å². The SMILES string of the molecule is CN(Cc1ccc(Br)cc1)C1CCCC(=O)C1. The van der Waals surface area contributed by atoms with E-state index in [2.05, 4.69) is 52.1 Å². The number of halogens is 1. The second-order valence-corrected chi connectivity index (χ2v) is 5.75. The van der Waals surface area contributed by atoms with E-state index in [1.165, 1.54) is 5.56 Å². The van der Waals surface area contributed by atoms with E-state index >= 15 is 0 Å². The minimum atomic E-state index is 0.420. The first-order valence-electron chi connectivity index (χ1n) is 6.11. The Morgan fingerprint density at radius 3 is 2.71 bits per heavy atom. The lowest BCUT2D eigenvalue weighted by Gasteiger charge is -2.30. The fourth-order valence-electron chi connectivity index (χ4n) is 2.38. The maximum atomic E-state index is 11.4. The topological polar surface area (TPSA) is 20.3 Å². The van der Waals surface area contributed by atoms with Crippen molar-refractivity contribution in [3.05, 3.63) is 34.3 Å². The normalized spacial score (nSPS) is 20.9. The summed E-state index contributed by atoms with van der Waals surface area (Å²) < 4.78 is 1.11. The Balaban J connectivity index is 1.93. The van der Waals surface area contributed by atoms with Crippen LogP contribution < -0.4 is 0 Å². The van der Waals surface area contributed by atoms with Crippen molar-refractivity contribution in [3.63, 3.8) is 0 Å². The van der Waals surface area contributed by atoms with Gasteiger partial charge in [-0.25, -0.2) is 0 Å². The Labute approximate surface area is 111 Å². The van der Waals surface area contributed by atoms with Gasteiger partial charge in [0.2, 0.25) is 0 Å². The monoisotopic (exact) mass is 295 g/mol. The molecule has 0 aromatic heterocycles. The maximum absolute atomic E-state index is 11.4. The molecule has 1 atom stereocenters. The number of Topliss-reactive ketones (excluding diaryl/α,β-unsaturated/α-hetero) is 1. The van der Waals surface area contributed by atoms with Crippen molar-refractivity contribution < 1.29 is 4.79 Å². The molecule has 1 aliphatic carbocycles. The minimum absolute atomic E-state index is 0.420. The zero-order valence-corrected chi connectivity index (χ0v) is 11.7. The zero-order valence-electron chi connectivity index (χ0n) is 10.2. The lowest BCUT2D eigenvalue weighted by atomic mass is 9.93. The summed E-state index contributed by atoms with van der Waals surface area (Å²) in [6.45, 7) is 0.922.